The molecule has 0 aliphatic heterocycles. The molecule has 0 aromatic heterocycles. The van der Waals surface area contributed by atoms with Crippen LogP contribution in [0.25, 0.3) is 0 Å². The molecule has 3 fully saturated rings. The molecule has 0 heterocycles. The predicted molar refractivity (Wildman–Crippen MR) is 72.0 cm³/mol. The van der Waals surface area contributed by atoms with Gasteiger partial charge in [-0.2, -0.15) is 0 Å². The summed E-state index contributed by atoms with van der Waals surface area (Å²) in [6, 6.07) is 0. The molecule has 3 aliphatic carbocycles. The fourth-order valence-electron chi connectivity index (χ4n) is 4.49. The maximum atomic E-state index is 11.8. The molecule has 3 rings (SSSR count). The lowest BCUT2D eigenvalue weighted by molar-refractivity contribution is -0.128. The molecule has 0 spiro atoms. The predicted octanol–water partition coefficient (Wildman–Crippen LogP) is 2.34. The average Bonchev–Trinajstić information content (AvgIpc) is 2.21. The standard InChI is InChI=1S/C15H27NO2/c1-11-5-12(2)7-15(8-13(6-11)9-15)10-14(18)16-3-4-17/h11-13,17H,3-10H2,1-2H3,(H,16,18). The number of amides is 1. The van der Waals surface area contributed by atoms with Crippen LogP contribution < -0.4 is 5.32 Å². The second kappa shape index (κ2) is 5.60. The largest absolute Gasteiger partial charge is 0.395 e. The summed E-state index contributed by atoms with van der Waals surface area (Å²) in [6.45, 7) is 5.14. The minimum absolute atomic E-state index is 0.0370. The third kappa shape index (κ3) is 3.25. The SMILES string of the molecule is CC1CC(C)CC2(CC(=O)NCCO)CC(C1)C2. The van der Waals surface area contributed by atoms with E-state index in [0.29, 0.717) is 13.0 Å². The van der Waals surface area contributed by atoms with Gasteiger partial charge in [-0.3, -0.25) is 4.79 Å². The molecule has 3 heteroatoms. The fraction of sp³-hybridized carbons (Fsp3) is 0.933. The molecular weight excluding hydrogens is 226 g/mol. The van der Waals surface area contributed by atoms with Crippen molar-refractivity contribution in [2.24, 2.45) is 23.2 Å². The Labute approximate surface area is 110 Å². The summed E-state index contributed by atoms with van der Waals surface area (Å²) < 4.78 is 0. The molecule has 2 N–H and O–H groups in total. The van der Waals surface area contributed by atoms with E-state index in [1.807, 2.05) is 0 Å². The third-order valence-electron chi connectivity index (χ3n) is 4.73. The molecule has 2 bridgehead atoms. The van der Waals surface area contributed by atoms with Gasteiger partial charge in [-0.05, 0) is 55.3 Å². The minimum atomic E-state index is 0.0370. The maximum absolute atomic E-state index is 11.8. The van der Waals surface area contributed by atoms with Crippen LogP contribution in [0, 0.1) is 23.2 Å². The molecule has 0 saturated heterocycles. The van der Waals surface area contributed by atoms with Gasteiger partial charge >= 0.3 is 0 Å². The van der Waals surface area contributed by atoms with E-state index >= 15 is 0 Å². The number of carbonyl (C=O) groups excluding carboxylic acids is 1. The molecule has 0 radical (unpaired) electrons. The highest BCUT2D eigenvalue weighted by atomic mass is 16.3. The van der Waals surface area contributed by atoms with Crippen LogP contribution in [-0.2, 0) is 4.79 Å². The molecule has 104 valence electrons. The number of hydrogen-bond donors (Lipinski definition) is 2. The molecule has 18 heavy (non-hydrogen) atoms. The van der Waals surface area contributed by atoms with Crippen LogP contribution in [0.3, 0.4) is 0 Å². The molecule has 3 nitrogen and oxygen atoms in total. The zero-order valence-corrected chi connectivity index (χ0v) is 11.7. The van der Waals surface area contributed by atoms with Crippen molar-refractivity contribution in [2.45, 2.75) is 52.4 Å². The van der Waals surface area contributed by atoms with E-state index in [2.05, 4.69) is 19.2 Å². The van der Waals surface area contributed by atoms with Crippen molar-refractivity contribution in [2.75, 3.05) is 13.2 Å². The first kappa shape index (κ1) is 13.9. The van der Waals surface area contributed by atoms with Gasteiger partial charge in [0, 0.05) is 13.0 Å². The highest BCUT2D eigenvalue weighted by Gasteiger charge is 2.47. The Bertz CT molecular complexity index is 295. The third-order valence-corrected chi connectivity index (χ3v) is 4.73. The minimum Gasteiger partial charge on any atom is -0.395 e. The van der Waals surface area contributed by atoms with E-state index in [1.165, 1.54) is 32.1 Å². The molecule has 0 aromatic rings. The van der Waals surface area contributed by atoms with Crippen LogP contribution in [0.15, 0.2) is 0 Å². The van der Waals surface area contributed by atoms with Crippen LogP contribution >= 0.6 is 0 Å². The highest BCUT2D eigenvalue weighted by Crippen LogP contribution is 2.56. The van der Waals surface area contributed by atoms with E-state index in [1.54, 1.807) is 0 Å². The van der Waals surface area contributed by atoms with E-state index in [9.17, 15) is 4.79 Å². The average molecular weight is 253 g/mol. The van der Waals surface area contributed by atoms with Crippen LogP contribution in [0.5, 0.6) is 0 Å². The zero-order chi connectivity index (χ0) is 13.2. The Morgan fingerprint density at radius 1 is 1.22 bits per heavy atom. The normalized spacial score (nSPS) is 39.4. The summed E-state index contributed by atoms with van der Waals surface area (Å²) in [6.07, 6.45) is 7.03. The van der Waals surface area contributed by atoms with Crippen LogP contribution in [0.4, 0.5) is 0 Å². The first-order valence-corrected chi connectivity index (χ1v) is 7.40. The lowest BCUT2D eigenvalue weighted by Crippen LogP contribution is -2.45. The number of rotatable bonds is 4. The van der Waals surface area contributed by atoms with Gasteiger partial charge in [0.15, 0.2) is 0 Å². The molecular formula is C15H27NO2. The lowest BCUT2D eigenvalue weighted by atomic mass is 9.53. The van der Waals surface area contributed by atoms with Gasteiger partial charge in [0.1, 0.15) is 0 Å². The number of nitrogens with one attached hydrogen (secondary N) is 1. The van der Waals surface area contributed by atoms with Gasteiger partial charge in [-0.1, -0.05) is 13.8 Å². The molecule has 3 saturated carbocycles. The van der Waals surface area contributed by atoms with E-state index in [0.717, 1.165) is 17.8 Å². The first-order chi connectivity index (χ1) is 8.53. The number of fused-ring (bicyclic) bond motifs is 4. The summed E-state index contributed by atoms with van der Waals surface area (Å²) in [7, 11) is 0. The number of aliphatic hydroxyl groups is 1. The molecule has 0 aromatic carbocycles. The number of hydrogen-bond acceptors (Lipinski definition) is 2. The fourth-order valence-corrected chi connectivity index (χ4v) is 4.49. The zero-order valence-electron chi connectivity index (χ0n) is 11.7. The summed E-state index contributed by atoms with van der Waals surface area (Å²) in [5, 5.41) is 11.5. The van der Waals surface area contributed by atoms with Gasteiger partial charge in [0.05, 0.1) is 6.61 Å². The summed E-state index contributed by atoms with van der Waals surface area (Å²) in [5.41, 5.74) is 0.282. The van der Waals surface area contributed by atoms with Crippen molar-refractivity contribution >= 4 is 5.91 Å². The van der Waals surface area contributed by atoms with Gasteiger partial charge < -0.3 is 10.4 Å². The van der Waals surface area contributed by atoms with Crippen LogP contribution in [-0.4, -0.2) is 24.2 Å². The van der Waals surface area contributed by atoms with Crippen molar-refractivity contribution in [3.05, 3.63) is 0 Å². The van der Waals surface area contributed by atoms with E-state index < -0.39 is 0 Å². The number of carbonyl (C=O) groups is 1. The van der Waals surface area contributed by atoms with Gasteiger partial charge in [0.2, 0.25) is 5.91 Å². The second-order valence-corrected chi connectivity index (χ2v) is 6.91. The smallest absolute Gasteiger partial charge is 0.220 e. The Morgan fingerprint density at radius 2 is 1.94 bits per heavy atom. The van der Waals surface area contributed by atoms with Gasteiger partial charge in [-0.15, -0.1) is 0 Å². The summed E-state index contributed by atoms with van der Waals surface area (Å²) in [4.78, 5) is 11.8. The molecule has 2 unspecified atom stereocenters. The van der Waals surface area contributed by atoms with Crippen molar-refractivity contribution in [1.82, 2.24) is 5.32 Å². The molecule has 2 atom stereocenters. The van der Waals surface area contributed by atoms with Gasteiger partial charge in [0.25, 0.3) is 0 Å². The topological polar surface area (TPSA) is 49.3 Å². The van der Waals surface area contributed by atoms with Gasteiger partial charge in [-0.25, -0.2) is 0 Å². The van der Waals surface area contributed by atoms with Crippen molar-refractivity contribution in [3.63, 3.8) is 0 Å². The number of aliphatic hydroxyl groups excluding tert-OH is 1. The highest BCUT2D eigenvalue weighted by molar-refractivity contribution is 5.76. The van der Waals surface area contributed by atoms with E-state index in [4.69, 9.17) is 5.11 Å². The maximum Gasteiger partial charge on any atom is 0.220 e. The second-order valence-electron chi connectivity index (χ2n) is 6.91. The molecule has 3 aliphatic rings. The Balaban J connectivity index is 1.89. The Morgan fingerprint density at radius 3 is 2.61 bits per heavy atom. The van der Waals surface area contributed by atoms with Crippen LogP contribution in [0.1, 0.15) is 52.4 Å². The van der Waals surface area contributed by atoms with E-state index in [-0.39, 0.29) is 17.9 Å². The first-order valence-electron chi connectivity index (χ1n) is 7.40. The summed E-state index contributed by atoms with van der Waals surface area (Å²) >= 11 is 0. The molecule has 1 amide bonds. The monoisotopic (exact) mass is 253 g/mol. The summed E-state index contributed by atoms with van der Waals surface area (Å²) in [5.74, 6) is 2.58. The van der Waals surface area contributed by atoms with Crippen molar-refractivity contribution in [1.29, 1.82) is 0 Å². The van der Waals surface area contributed by atoms with Crippen molar-refractivity contribution < 1.29 is 9.90 Å². The lowest BCUT2D eigenvalue weighted by Gasteiger charge is -2.52. The van der Waals surface area contributed by atoms with Crippen LogP contribution in [0.2, 0.25) is 0 Å². The Hall–Kier alpha value is -0.570. The quantitative estimate of drug-likeness (QED) is 0.808. The van der Waals surface area contributed by atoms with Crippen molar-refractivity contribution in [3.8, 4) is 0 Å². The Kier molecular flexibility index (Phi) is 4.31.